The van der Waals surface area contributed by atoms with Gasteiger partial charge in [-0.3, -0.25) is 0 Å². The number of nitrogens with one attached hydrogen (secondary N) is 1. The van der Waals surface area contributed by atoms with E-state index >= 15 is 0 Å². The van der Waals surface area contributed by atoms with E-state index in [2.05, 4.69) is 12.2 Å². The van der Waals surface area contributed by atoms with E-state index in [1.165, 1.54) is 15.6 Å². The predicted octanol–water partition coefficient (Wildman–Crippen LogP) is 1.90. The van der Waals surface area contributed by atoms with E-state index < -0.39 is 10.0 Å². The average Bonchev–Trinajstić information content (AvgIpc) is 2.88. The smallest absolute Gasteiger partial charge is 0.252 e. The van der Waals surface area contributed by atoms with Gasteiger partial charge >= 0.3 is 0 Å². The van der Waals surface area contributed by atoms with Gasteiger partial charge in [-0.1, -0.05) is 6.92 Å². The highest BCUT2D eigenvalue weighted by Gasteiger charge is 2.22. The summed E-state index contributed by atoms with van der Waals surface area (Å²) in [6.07, 6.45) is 1.77. The van der Waals surface area contributed by atoms with Crippen LogP contribution in [0.5, 0.6) is 0 Å². The maximum atomic E-state index is 12.3. The molecule has 1 aromatic rings. The Morgan fingerprint density at radius 2 is 2.15 bits per heavy atom. The first-order chi connectivity index (χ1) is 9.52. The van der Waals surface area contributed by atoms with Gasteiger partial charge in [0, 0.05) is 38.7 Å². The van der Waals surface area contributed by atoms with E-state index in [0.29, 0.717) is 23.8 Å². The van der Waals surface area contributed by atoms with Crippen LogP contribution in [0.3, 0.4) is 0 Å². The minimum Gasteiger partial charge on any atom is -0.385 e. The van der Waals surface area contributed by atoms with E-state index in [9.17, 15) is 8.42 Å². The van der Waals surface area contributed by atoms with Crippen molar-refractivity contribution in [3.8, 4) is 0 Å². The fourth-order valence-corrected chi connectivity index (χ4v) is 4.43. The number of methoxy groups -OCH3 is 1. The van der Waals surface area contributed by atoms with Crippen molar-refractivity contribution in [2.24, 2.45) is 0 Å². The standard InChI is InChI=1S/C13H24N2O3S2/c1-4-8-14-11-12-6-7-13(19-12)20(16,17)15(2)9-5-10-18-3/h6-7,14H,4-5,8-11H2,1-3H3. The van der Waals surface area contributed by atoms with Gasteiger partial charge in [0.05, 0.1) is 0 Å². The van der Waals surface area contributed by atoms with Crippen molar-refractivity contribution in [1.29, 1.82) is 0 Å². The maximum absolute atomic E-state index is 12.3. The lowest BCUT2D eigenvalue weighted by molar-refractivity contribution is 0.189. The molecule has 0 aromatic carbocycles. The van der Waals surface area contributed by atoms with Crippen molar-refractivity contribution in [1.82, 2.24) is 9.62 Å². The van der Waals surface area contributed by atoms with Gasteiger partial charge in [0.1, 0.15) is 4.21 Å². The summed E-state index contributed by atoms with van der Waals surface area (Å²) in [5, 5.41) is 3.27. The fourth-order valence-electron chi connectivity index (χ4n) is 1.69. The third-order valence-electron chi connectivity index (χ3n) is 2.85. The van der Waals surface area contributed by atoms with Crippen LogP contribution in [0.1, 0.15) is 24.6 Å². The number of ether oxygens (including phenoxy) is 1. The second-order valence-electron chi connectivity index (χ2n) is 4.57. The highest BCUT2D eigenvalue weighted by atomic mass is 32.2. The molecule has 0 saturated carbocycles. The molecule has 5 nitrogen and oxygen atoms in total. The fraction of sp³-hybridized carbons (Fsp3) is 0.692. The molecule has 1 N–H and O–H groups in total. The zero-order valence-corrected chi connectivity index (χ0v) is 14.0. The maximum Gasteiger partial charge on any atom is 0.252 e. The van der Waals surface area contributed by atoms with Crippen LogP contribution >= 0.6 is 11.3 Å². The van der Waals surface area contributed by atoms with Crippen LogP contribution in [-0.4, -0.2) is 46.6 Å². The van der Waals surface area contributed by atoms with E-state index in [4.69, 9.17) is 4.74 Å². The van der Waals surface area contributed by atoms with Crippen LogP contribution in [0.15, 0.2) is 16.3 Å². The number of rotatable bonds is 10. The van der Waals surface area contributed by atoms with E-state index in [1.54, 1.807) is 20.2 Å². The van der Waals surface area contributed by atoms with Crippen LogP contribution in [0.4, 0.5) is 0 Å². The van der Waals surface area contributed by atoms with Gasteiger partial charge < -0.3 is 10.1 Å². The SMILES string of the molecule is CCCNCc1ccc(S(=O)(=O)N(C)CCCOC)s1. The largest absolute Gasteiger partial charge is 0.385 e. The Balaban J connectivity index is 2.62. The van der Waals surface area contributed by atoms with Crippen LogP contribution in [0, 0.1) is 0 Å². The summed E-state index contributed by atoms with van der Waals surface area (Å²) in [4.78, 5) is 1.04. The zero-order valence-electron chi connectivity index (χ0n) is 12.4. The summed E-state index contributed by atoms with van der Waals surface area (Å²) in [5.74, 6) is 0. The topological polar surface area (TPSA) is 58.6 Å². The molecule has 0 aliphatic carbocycles. The Hall–Kier alpha value is -0.470. The number of sulfonamides is 1. The van der Waals surface area contributed by atoms with E-state index in [1.807, 2.05) is 6.07 Å². The molecule has 7 heteroatoms. The molecule has 1 heterocycles. The monoisotopic (exact) mass is 320 g/mol. The summed E-state index contributed by atoms with van der Waals surface area (Å²) in [5.41, 5.74) is 0. The molecule has 0 spiro atoms. The first kappa shape index (κ1) is 17.6. The molecule has 0 aliphatic rings. The molecule has 0 saturated heterocycles. The predicted molar refractivity (Wildman–Crippen MR) is 82.6 cm³/mol. The van der Waals surface area contributed by atoms with Gasteiger partial charge in [-0.15, -0.1) is 11.3 Å². The summed E-state index contributed by atoms with van der Waals surface area (Å²) in [7, 11) is -0.135. The number of thiophene rings is 1. The number of hydrogen-bond donors (Lipinski definition) is 1. The molecular formula is C13H24N2O3S2. The molecule has 0 atom stereocenters. The molecule has 0 unspecified atom stereocenters. The molecule has 0 fully saturated rings. The van der Waals surface area contributed by atoms with Crippen molar-refractivity contribution in [2.45, 2.75) is 30.5 Å². The minimum absolute atomic E-state index is 0.408. The second kappa shape index (κ2) is 8.74. The minimum atomic E-state index is -3.36. The average molecular weight is 320 g/mol. The van der Waals surface area contributed by atoms with Crippen molar-refractivity contribution in [2.75, 3.05) is 33.9 Å². The zero-order chi connectivity index (χ0) is 15.0. The molecule has 116 valence electrons. The Bertz CT molecular complexity index is 486. The Labute approximate surface area is 126 Å². The summed E-state index contributed by atoms with van der Waals surface area (Å²) < 4.78 is 31.4. The molecular weight excluding hydrogens is 296 g/mol. The number of nitrogens with zero attached hydrogens (tertiary/aromatic N) is 1. The van der Waals surface area contributed by atoms with Crippen molar-refractivity contribution < 1.29 is 13.2 Å². The summed E-state index contributed by atoms with van der Waals surface area (Å²) in [6, 6.07) is 3.57. The molecule has 0 bridgehead atoms. The van der Waals surface area contributed by atoms with Crippen LogP contribution in [0.2, 0.25) is 0 Å². The van der Waals surface area contributed by atoms with E-state index in [-0.39, 0.29) is 0 Å². The summed E-state index contributed by atoms with van der Waals surface area (Å²) in [6.45, 7) is 4.80. The van der Waals surface area contributed by atoms with Crippen LogP contribution < -0.4 is 5.32 Å². The summed E-state index contributed by atoms with van der Waals surface area (Å²) >= 11 is 1.33. The highest BCUT2D eigenvalue weighted by Crippen LogP contribution is 2.24. The Kier molecular flexibility index (Phi) is 7.68. The van der Waals surface area contributed by atoms with Crippen molar-refractivity contribution in [3.63, 3.8) is 0 Å². The van der Waals surface area contributed by atoms with Crippen molar-refractivity contribution >= 4 is 21.4 Å². The van der Waals surface area contributed by atoms with Gasteiger partial charge in [-0.2, -0.15) is 0 Å². The van der Waals surface area contributed by atoms with Gasteiger partial charge in [0.25, 0.3) is 10.0 Å². The Morgan fingerprint density at radius 1 is 1.40 bits per heavy atom. The lowest BCUT2D eigenvalue weighted by atomic mass is 10.4. The molecule has 20 heavy (non-hydrogen) atoms. The quantitative estimate of drug-likeness (QED) is 0.669. The van der Waals surface area contributed by atoms with Gasteiger partial charge in [0.2, 0.25) is 0 Å². The molecule has 0 amide bonds. The normalized spacial score (nSPS) is 12.2. The molecule has 1 rings (SSSR count). The van der Waals surface area contributed by atoms with Crippen molar-refractivity contribution in [3.05, 3.63) is 17.0 Å². The third kappa shape index (κ3) is 5.14. The molecule has 0 radical (unpaired) electrons. The molecule has 1 aromatic heterocycles. The lowest BCUT2D eigenvalue weighted by Crippen LogP contribution is -2.28. The van der Waals surface area contributed by atoms with Gasteiger partial charge in [0.15, 0.2) is 0 Å². The van der Waals surface area contributed by atoms with Crippen LogP contribution in [-0.2, 0) is 21.3 Å². The Morgan fingerprint density at radius 3 is 2.80 bits per heavy atom. The number of hydrogen-bond acceptors (Lipinski definition) is 5. The van der Waals surface area contributed by atoms with E-state index in [0.717, 1.165) is 24.4 Å². The second-order valence-corrected chi connectivity index (χ2v) is 8.01. The third-order valence-corrected chi connectivity index (χ3v) is 6.26. The highest BCUT2D eigenvalue weighted by molar-refractivity contribution is 7.91. The first-order valence-corrected chi connectivity index (χ1v) is 9.02. The van der Waals surface area contributed by atoms with Crippen LogP contribution in [0.25, 0.3) is 0 Å². The molecule has 0 aliphatic heterocycles. The van der Waals surface area contributed by atoms with Gasteiger partial charge in [-0.05, 0) is 31.5 Å². The first-order valence-electron chi connectivity index (χ1n) is 6.77. The lowest BCUT2D eigenvalue weighted by Gasteiger charge is -2.15. The van der Waals surface area contributed by atoms with Gasteiger partial charge in [-0.25, -0.2) is 12.7 Å².